The number of hydrogen-bond donors (Lipinski definition) is 1. The minimum atomic E-state index is 0.573. The molecule has 0 unspecified atom stereocenters. The highest BCUT2D eigenvalue weighted by atomic mass is 15.3. The van der Waals surface area contributed by atoms with E-state index in [9.17, 15) is 0 Å². The number of anilines is 1. The Morgan fingerprint density at radius 1 is 1.29 bits per heavy atom. The molecule has 2 aromatic heterocycles. The topological polar surface area (TPSA) is 47.7 Å². The number of imidazole rings is 1. The lowest BCUT2D eigenvalue weighted by atomic mass is 10.2. The van der Waals surface area contributed by atoms with Gasteiger partial charge in [0.25, 0.3) is 0 Å². The van der Waals surface area contributed by atoms with Gasteiger partial charge in [-0.05, 0) is 12.8 Å². The van der Waals surface area contributed by atoms with Crippen molar-refractivity contribution in [2.75, 3.05) is 5.32 Å². The Kier molecular flexibility index (Phi) is 2.59. The van der Waals surface area contributed by atoms with E-state index in [0.717, 1.165) is 11.8 Å². The molecule has 0 aliphatic heterocycles. The Morgan fingerprint density at radius 2 is 2.12 bits per heavy atom. The third-order valence-corrected chi connectivity index (χ3v) is 3.37. The largest absolute Gasteiger partial charge is 0.353 e. The minimum absolute atomic E-state index is 0.573. The third kappa shape index (κ3) is 1.92. The lowest BCUT2D eigenvalue weighted by Crippen LogP contribution is -2.18. The van der Waals surface area contributed by atoms with Gasteiger partial charge in [0.15, 0.2) is 0 Å². The molecule has 2 aromatic rings. The molecule has 0 saturated heterocycles. The third-order valence-electron chi connectivity index (χ3n) is 3.37. The second-order valence-corrected chi connectivity index (χ2v) is 4.56. The van der Waals surface area contributed by atoms with Crippen molar-refractivity contribution in [1.82, 2.24) is 19.3 Å². The predicted octanol–water partition coefficient (Wildman–Crippen LogP) is 1.96. The van der Waals surface area contributed by atoms with Crippen LogP contribution in [0.2, 0.25) is 0 Å². The van der Waals surface area contributed by atoms with Crippen LogP contribution in [0.25, 0.3) is 5.82 Å². The molecule has 90 valence electrons. The summed E-state index contributed by atoms with van der Waals surface area (Å²) in [5.74, 6) is 1.95. The summed E-state index contributed by atoms with van der Waals surface area (Å²) in [5.41, 5.74) is 0. The maximum absolute atomic E-state index is 4.39. The van der Waals surface area contributed by atoms with Crippen molar-refractivity contribution in [3.8, 4) is 5.82 Å². The van der Waals surface area contributed by atoms with E-state index in [2.05, 4.69) is 15.4 Å². The van der Waals surface area contributed by atoms with Crippen LogP contribution < -0.4 is 5.32 Å². The molecule has 17 heavy (non-hydrogen) atoms. The first kappa shape index (κ1) is 10.4. The molecule has 5 heteroatoms. The Labute approximate surface area is 100 Å². The van der Waals surface area contributed by atoms with Crippen LogP contribution in [0.1, 0.15) is 25.7 Å². The Balaban J connectivity index is 1.86. The first-order valence-electron chi connectivity index (χ1n) is 6.13. The van der Waals surface area contributed by atoms with Gasteiger partial charge in [0.1, 0.15) is 5.82 Å². The van der Waals surface area contributed by atoms with Gasteiger partial charge in [-0.15, -0.1) is 0 Å². The van der Waals surface area contributed by atoms with Gasteiger partial charge in [-0.2, -0.15) is 5.10 Å². The molecule has 1 N–H and O–H groups in total. The maximum atomic E-state index is 4.39. The van der Waals surface area contributed by atoms with Crippen LogP contribution >= 0.6 is 0 Å². The average molecular weight is 231 g/mol. The quantitative estimate of drug-likeness (QED) is 0.878. The van der Waals surface area contributed by atoms with E-state index >= 15 is 0 Å². The molecule has 3 rings (SSSR count). The summed E-state index contributed by atoms with van der Waals surface area (Å²) < 4.78 is 3.90. The van der Waals surface area contributed by atoms with Crippen LogP contribution in [0.5, 0.6) is 0 Å². The van der Waals surface area contributed by atoms with Gasteiger partial charge in [0.05, 0.1) is 6.20 Å². The zero-order valence-electron chi connectivity index (χ0n) is 10.0. The fourth-order valence-corrected chi connectivity index (χ4v) is 2.45. The molecule has 0 amide bonds. The summed E-state index contributed by atoms with van der Waals surface area (Å²) in [4.78, 5) is 4.39. The van der Waals surface area contributed by atoms with Crippen LogP contribution in [0, 0.1) is 0 Å². The first-order chi connectivity index (χ1) is 8.34. The van der Waals surface area contributed by atoms with Gasteiger partial charge in [-0.3, -0.25) is 9.25 Å². The van der Waals surface area contributed by atoms with E-state index in [4.69, 9.17) is 0 Å². The van der Waals surface area contributed by atoms with Gasteiger partial charge in [0.2, 0.25) is 5.95 Å². The van der Waals surface area contributed by atoms with E-state index in [1.54, 1.807) is 6.20 Å². The molecular weight excluding hydrogens is 214 g/mol. The normalized spacial score (nSPS) is 16.5. The molecule has 5 nitrogen and oxygen atoms in total. The molecule has 0 bridgehead atoms. The fraction of sp³-hybridized carbons (Fsp3) is 0.500. The van der Waals surface area contributed by atoms with Crippen molar-refractivity contribution in [2.45, 2.75) is 31.7 Å². The van der Waals surface area contributed by atoms with Gasteiger partial charge in [-0.25, -0.2) is 4.98 Å². The second-order valence-electron chi connectivity index (χ2n) is 4.56. The lowest BCUT2D eigenvalue weighted by Gasteiger charge is -2.14. The van der Waals surface area contributed by atoms with Crippen LogP contribution in [-0.4, -0.2) is 25.4 Å². The number of aryl methyl sites for hydroxylation is 1. The standard InChI is InChI=1S/C12H17N5/c1-16-11(6-7-14-16)17-9-8-13-12(17)15-10-4-2-3-5-10/h6-10H,2-5H2,1H3,(H,13,15). The summed E-state index contributed by atoms with van der Waals surface area (Å²) in [6.07, 6.45) is 10.7. The zero-order valence-corrected chi connectivity index (χ0v) is 10.0. The monoisotopic (exact) mass is 231 g/mol. The number of hydrogen-bond acceptors (Lipinski definition) is 3. The van der Waals surface area contributed by atoms with Gasteiger partial charge in [-0.1, -0.05) is 12.8 Å². The van der Waals surface area contributed by atoms with Crippen molar-refractivity contribution in [3.05, 3.63) is 24.7 Å². The minimum Gasteiger partial charge on any atom is -0.353 e. The van der Waals surface area contributed by atoms with Crippen molar-refractivity contribution >= 4 is 5.95 Å². The zero-order chi connectivity index (χ0) is 11.7. The highest BCUT2D eigenvalue weighted by Gasteiger charge is 2.17. The van der Waals surface area contributed by atoms with Crippen LogP contribution in [0.4, 0.5) is 5.95 Å². The molecule has 2 heterocycles. The van der Waals surface area contributed by atoms with Crippen molar-refractivity contribution < 1.29 is 0 Å². The molecular formula is C12H17N5. The molecule has 1 aliphatic carbocycles. The van der Waals surface area contributed by atoms with E-state index in [1.165, 1.54) is 25.7 Å². The molecule has 1 aliphatic rings. The number of nitrogens with one attached hydrogen (secondary N) is 1. The second kappa shape index (κ2) is 4.24. The summed E-state index contributed by atoms with van der Waals surface area (Å²) >= 11 is 0. The molecule has 0 spiro atoms. The lowest BCUT2D eigenvalue weighted by molar-refractivity contribution is 0.712. The number of nitrogens with zero attached hydrogens (tertiary/aromatic N) is 4. The predicted molar refractivity (Wildman–Crippen MR) is 66.2 cm³/mol. The van der Waals surface area contributed by atoms with E-state index < -0.39 is 0 Å². The SMILES string of the molecule is Cn1nccc1-n1ccnc1NC1CCCC1. The van der Waals surface area contributed by atoms with E-state index in [-0.39, 0.29) is 0 Å². The first-order valence-corrected chi connectivity index (χ1v) is 6.13. The highest BCUT2D eigenvalue weighted by Crippen LogP contribution is 2.22. The van der Waals surface area contributed by atoms with Crippen LogP contribution in [-0.2, 0) is 7.05 Å². The van der Waals surface area contributed by atoms with E-state index in [0.29, 0.717) is 6.04 Å². The Morgan fingerprint density at radius 3 is 2.82 bits per heavy atom. The summed E-state index contributed by atoms with van der Waals surface area (Å²) in [5, 5.41) is 7.70. The average Bonchev–Trinajstić information content (AvgIpc) is 3.00. The Hall–Kier alpha value is -1.78. The summed E-state index contributed by atoms with van der Waals surface area (Å²) in [6, 6.07) is 2.56. The van der Waals surface area contributed by atoms with Crippen LogP contribution in [0.15, 0.2) is 24.7 Å². The van der Waals surface area contributed by atoms with Gasteiger partial charge >= 0.3 is 0 Å². The smallest absolute Gasteiger partial charge is 0.208 e. The van der Waals surface area contributed by atoms with E-state index in [1.807, 2.05) is 34.8 Å². The maximum Gasteiger partial charge on any atom is 0.208 e. The molecule has 0 atom stereocenters. The molecule has 0 radical (unpaired) electrons. The van der Waals surface area contributed by atoms with Gasteiger partial charge < -0.3 is 5.32 Å². The van der Waals surface area contributed by atoms with Crippen LogP contribution in [0.3, 0.4) is 0 Å². The fourth-order valence-electron chi connectivity index (χ4n) is 2.45. The summed E-state index contributed by atoms with van der Waals surface area (Å²) in [7, 11) is 1.94. The van der Waals surface area contributed by atoms with Gasteiger partial charge in [0, 0.05) is 31.5 Å². The van der Waals surface area contributed by atoms with Crippen molar-refractivity contribution in [2.24, 2.45) is 7.05 Å². The summed E-state index contributed by atoms with van der Waals surface area (Å²) in [6.45, 7) is 0. The Bertz CT molecular complexity index is 492. The molecule has 0 aromatic carbocycles. The van der Waals surface area contributed by atoms with Crippen molar-refractivity contribution in [1.29, 1.82) is 0 Å². The number of aromatic nitrogens is 4. The molecule has 1 saturated carbocycles. The molecule has 1 fully saturated rings. The highest BCUT2D eigenvalue weighted by molar-refractivity contribution is 5.38. The number of rotatable bonds is 3. The van der Waals surface area contributed by atoms with Crippen molar-refractivity contribution in [3.63, 3.8) is 0 Å².